The Morgan fingerprint density at radius 1 is 1.50 bits per heavy atom. The number of carbonyl (C=O) groups excluding carboxylic acids is 1. The van der Waals surface area contributed by atoms with Crippen molar-refractivity contribution in [1.82, 2.24) is 10.3 Å². The van der Waals surface area contributed by atoms with Gasteiger partial charge in [-0.05, 0) is 24.1 Å². The van der Waals surface area contributed by atoms with Crippen molar-refractivity contribution in [3.63, 3.8) is 0 Å². The molecular weight excluding hydrogens is 226 g/mol. The first-order valence-corrected chi connectivity index (χ1v) is 6.06. The van der Waals surface area contributed by atoms with Gasteiger partial charge in [-0.15, -0.1) is 0 Å². The first-order valence-electron chi connectivity index (χ1n) is 6.06. The van der Waals surface area contributed by atoms with E-state index in [1.165, 1.54) is 0 Å². The maximum absolute atomic E-state index is 11.8. The first-order chi connectivity index (χ1) is 8.75. The molecule has 18 heavy (non-hydrogen) atoms. The highest BCUT2D eigenvalue weighted by Gasteiger charge is 2.62. The zero-order valence-electron chi connectivity index (χ0n) is 9.97. The van der Waals surface area contributed by atoms with Gasteiger partial charge in [0.05, 0.1) is 11.1 Å². The average molecular weight is 241 g/mol. The van der Waals surface area contributed by atoms with Gasteiger partial charge in [-0.25, -0.2) is 0 Å². The summed E-state index contributed by atoms with van der Waals surface area (Å²) in [5, 5.41) is 3.16. The van der Waals surface area contributed by atoms with E-state index in [0.29, 0.717) is 0 Å². The van der Waals surface area contributed by atoms with Crippen LogP contribution in [0.15, 0.2) is 48.3 Å². The monoisotopic (exact) mass is 241 g/mol. The van der Waals surface area contributed by atoms with Gasteiger partial charge in [-0.1, -0.05) is 18.2 Å². The summed E-state index contributed by atoms with van der Waals surface area (Å²) >= 11 is 0. The standard InChI is InChI=1S/C14H15N3O/c15-13(18)14(12-5-1-2-7-17-12)8-11(14)10-4-3-6-16-9-10/h1-5,7,9,11,16H,6,8H2,(H2,15,18). The largest absolute Gasteiger partial charge is 0.387 e. The number of allylic oxidation sites excluding steroid dienone is 2. The number of hydrogen-bond donors (Lipinski definition) is 2. The topological polar surface area (TPSA) is 68.0 Å². The number of nitrogens with zero attached hydrogens (tertiary/aromatic N) is 1. The summed E-state index contributed by atoms with van der Waals surface area (Å²) in [6, 6.07) is 5.62. The van der Waals surface area contributed by atoms with Gasteiger partial charge in [0, 0.05) is 24.9 Å². The molecule has 2 heterocycles. The molecule has 2 atom stereocenters. The predicted molar refractivity (Wildman–Crippen MR) is 68.4 cm³/mol. The van der Waals surface area contributed by atoms with Crippen molar-refractivity contribution >= 4 is 5.91 Å². The van der Waals surface area contributed by atoms with E-state index in [1.807, 2.05) is 24.4 Å². The number of nitrogens with one attached hydrogen (secondary N) is 1. The molecule has 1 aromatic heterocycles. The molecule has 1 aromatic rings. The number of aromatic nitrogens is 1. The molecule has 0 aromatic carbocycles. The van der Waals surface area contributed by atoms with Crippen molar-refractivity contribution in [1.29, 1.82) is 0 Å². The maximum atomic E-state index is 11.8. The molecule has 2 aliphatic rings. The quantitative estimate of drug-likeness (QED) is 0.825. The van der Waals surface area contributed by atoms with E-state index in [-0.39, 0.29) is 11.8 Å². The summed E-state index contributed by atoms with van der Waals surface area (Å²) in [5.74, 6) is -0.139. The van der Waals surface area contributed by atoms with E-state index < -0.39 is 5.41 Å². The Kier molecular flexibility index (Phi) is 2.44. The van der Waals surface area contributed by atoms with Crippen LogP contribution in [0, 0.1) is 5.92 Å². The third kappa shape index (κ3) is 1.53. The summed E-state index contributed by atoms with van der Waals surface area (Å²) in [6.07, 6.45) is 8.54. The highest BCUT2D eigenvalue weighted by molar-refractivity contribution is 5.91. The van der Waals surface area contributed by atoms with Crippen LogP contribution in [0.4, 0.5) is 0 Å². The summed E-state index contributed by atoms with van der Waals surface area (Å²) in [6.45, 7) is 0.837. The third-order valence-corrected chi connectivity index (χ3v) is 3.74. The molecular formula is C14H15N3O. The van der Waals surface area contributed by atoms with Crippen LogP contribution in [-0.4, -0.2) is 17.4 Å². The highest BCUT2D eigenvalue weighted by Crippen LogP contribution is 2.57. The predicted octanol–water partition coefficient (Wildman–Crippen LogP) is 0.868. The summed E-state index contributed by atoms with van der Waals surface area (Å²) < 4.78 is 0. The van der Waals surface area contributed by atoms with Crippen LogP contribution < -0.4 is 11.1 Å². The number of rotatable bonds is 3. The lowest BCUT2D eigenvalue weighted by Crippen LogP contribution is -2.32. The van der Waals surface area contributed by atoms with Crippen LogP contribution in [-0.2, 0) is 10.2 Å². The Morgan fingerprint density at radius 3 is 3.00 bits per heavy atom. The number of amides is 1. The summed E-state index contributed by atoms with van der Waals surface area (Å²) in [7, 11) is 0. The Balaban J connectivity index is 1.95. The van der Waals surface area contributed by atoms with Crippen molar-refractivity contribution in [2.75, 3.05) is 6.54 Å². The number of dihydropyridines is 1. The molecule has 4 nitrogen and oxygen atoms in total. The van der Waals surface area contributed by atoms with Crippen molar-refractivity contribution in [3.05, 3.63) is 54.0 Å². The number of hydrogen-bond acceptors (Lipinski definition) is 3. The minimum Gasteiger partial charge on any atom is -0.387 e. The second-order valence-corrected chi connectivity index (χ2v) is 4.76. The second-order valence-electron chi connectivity index (χ2n) is 4.76. The Labute approximate surface area is 106 Å². The van der Waals surface area contributed by atoms with Crippen LogP contribution in [0.25, 0.3) is 0 Å². The SMILES string of the molecule is NC(=O)C1(c2ccccn2)CC1C1=CNCC=C1. The van der Waals surface area contributed by atoms with Crippen LogP contribution >= 0.6 is 0 Å². The average Bonchev–Trinajstić information content (AvgIpc) is 3.18. The van der Waals surface area contributed by atoms with Crippen molar-refractivity contribution < 1.29 is 4.79 Å². The van der Waals surface area contributed by atoms with Gasteiger partial charge in [0.15, 0.2) is 0 Å². The van der Waals surface area contributed by atoms with E-state index in [0.717, 1.165) is 24.2 Å². The van der Waals surface area contributed by atoms with Gasteiger partial charge < -0.3 is 11.1 Å². The van der Waals surface area contributed by atoms with Crippen molar-refractivity contribution in [2.24, 2.45) is 11.7 Å². The fourth-order valence-electron chi connectivity index (χ4n) is 2.68. The van der Waals surface area contributed by atoms with E-state index in [2.05, 4.69) is 22.5 Å². The van der Waals surface area contributed by atoms with Gasteiger partial charge in [0.1, 0.15) is 0 Å². The van der Waals surface area contributed by atoms with Gasteiger partial charge in [0.2, 0.25) is 5.91 Å². The molecule has 0 saturated heterocycles. The van der Waals surface area contributed by atoms with Crippen LogP contribution in [0.3, 0.4) is 0 Å². The third-order valence-electron chi connectivity index (χ3n) is 3.74. The lowest BCUT2D eigenvalue weighted by Gasteiger charge is -2.15. The molecule has 1 aliphatic heterocycles. The van der Waals surface area contributed by atoms with Gasteiger partial charge in [0.25, 0.3) is 0 Å². The lowest BCUT2D eigenvalue weighted by atomic mass is 9.93. The minimum absolute atomic E-state index is 0.147. The Morgan fingerprint density at radius 2 is 2.39 bits per heavy atom. The molecule has 4 heteroatoms. The first kappa shape index (κ1) is 11.0. The number of pyridine rings is 1. The molecule has 1 amide bonds. The van der Waals surface area contributed by atoms with Crippen molar-refractivity contribution in [2.45, 2.75) is 11.8 Å². The van der Waals surface area contributed by atoms with Crippen LogP contribution in [0.2, 0.25) is 0 Å². The zero-order chi connectivity index (χ0) is 12.6. The minimum atomic E-state index is -0.615. The van der Waals surface area contributed by atoms with Gasteiger partial charge in [-0.3, -0.25) is 9.78 Å². The fraction of sp³-hybridized carbons (Fsp3) is 0.286. The van der Waals surface area contributed by atoms with Gasteiger partial charge >= 0.3 is 0 Å². The second kappa shape index (κ2) is 3.98. The molecule has 3 rings (SSSR count). The Bertz CT molecular complexity index is 535. The van der Waals surface area contributed by atoms with Crippen molar-refractivity contribution in [3.8, 4) is 0 Å². The molecule has 0 spiro atoms. The molecule has 3 N–H and O–H groups in total. The highest BCUT2D eigenvalue weighted by atomic mass is 16.1. The Hall–Kier alpha value is -2.10. The van der Waals surface area contributed by atoms with Crippen LogP contribution in [0.5, 0.6) is 0 Å². The van der Waals surface area contributed by atoms with E-state index in [1.54, 1.807) is 6.20 Å². The number of primary amides is 1. The molecule has 2 unspecified atom stereocenters. The van der Waals surface area contributed by atoms with Gasteiger partial charge in [-0.2, -0.15) is 0 Å². The normalized spacial score (nSPS) is 29.3. The molecule has 1 fully saturated rings. The smallest absolute Gasteiger partial charge is 0.230 e. The zero-order valence-corrected chi connectivity index (χ0v) is 9.97. The van der Waals surface area contributed by atoms with E-state index in [9.17, 15) is 4.79 Å². The summed E-state index contributed by atoms with van der Waals surface area (Å²) in [5.41, 5.74) is 6.91. The number of carbonyl (C=O) groups is 1. The van der Waals surface area contributed by atoms with E-state index in [4.69, 9.17) is 5.73 Å². The molecule has 0 radical (unpaired) electrons. The molecule has 0 bridgehead atoms. The lowest BCUT2D eigenvalue weighted by molar-refractivity contribution is -0.120. The number of nitrogens with two attached hydrogens (primary N) is 1. The molecule has 1 saturated carbocycles. The molecule has 1 aliphatic carbocycles. The van der Waals surface area contributed by atoms with Crippen LogP contribution in [0.1, 0.15) is 12.1 Å². The maximum Gasteiger partial charge on any atom is 0.230 e. The van der Waals surface area contributed by atoms with E-state index >= 15 is 0 Å². The summed E-state index contributed by atoms with van der Waals surface area (Å²) in [4.78, 5) is 16.2. The fourth-order valence-corrected chi connectivity index (χ4v) is 2.68. The molecule has 92 valence electrons.